The second-order valence-corrected chi connectivity index (χ2v) is 5.25. The van der Waals surface area contributed by atoms with Crippen LogP contribution < -0.4 is 0 Å². The van der Waals surface area contributed by atoms with Crippen molar-refractivity contribution >= 4 is 11.9 Å². The third kappa shape index (κ3) is 4.20. The van der Waals surface area contributed by atoms with Gasteiger partial charge in [0.05, 0.1) is 18.6 Å². The molecule has 0 spiro atoms. The van der Waals surface area contributed by atoms with E-state index in [0.29, 0.717) is 6.61 Å². The van der Waals surface area contributed by atoms with E-state index in [4.69, 9.17) is 4.74 Å². The van der Waals surface area contributed by atoms with Gasteiger partial charge in [0.1, 0.15) is 0 Å². The van der Waals surface area contributed by atoms with Crippen LogP contribution in [0.1, 0.15) is 40.5 Å². The second-order valence-electron chi connectivity index (χ2n) is 5.25. The summed E-state index contributed by atoms with van der Waals surface area (Å²) in [5.74, 6) is 0.0985. The number of amides is 1. The summed E-state index contributed by atoms with van der Waals surface area (Å²) in [6, 6.07) is -0.0990. The van der Waals surface area contributed by atoms with E-state index < -0.39 is 0 Å². The van der Waals surface area contributed by atoms with Crippen molar-refractivity contribution in [3.63, 3.8) is 0 Å². The average Bonchev–Trinajstić information content (AvgIpc) is 2.48. The number of nitrogens with zero attached hydrogens (tertiary/aromatic N) is 2. The molecule has 1 rings (SSSR count). The standard InChI is InChI=1S/C15H28N2O3/c1-5-16(6-2)14(18)12(4)17-10-8-13(9-11-17)15(19)20-7-3/h12-13H,5-11H2,1-4H3. The zero-order valence-electron chi connectivity index (χ0n) is 13.2. The second kappa shape index (κ2) is 8.25. The molecular weight excluding hydrogens is 256 g/mol. The summed E-state index contributed by atoms with van der Waals surface area (Å²) < 4.78 is 5.06. The Morgan fingerprint density at radius 1 is 1.20 bits per heavy atom. The molecule has 1 fully saturated rings. The van der Waals surface area contributed by atoms with Crippen molar-refractivity contribution in [3.05, 3.63) is 0 Å². The predicted molar refractivity (Wildman–Crippen MR) is 78.3 cm³/mol. The number of esters is 1. The van der Waals surface area contributed by atoms with E-state index >= 15 is 0 Å². The first-order chi connectivity index (χ1) is 9.54. The molecule has 5 heteroatoms. The molecule has 0 N–H and O–H groups in total. The van der Waals surface area contributed by atoms with Gasteiger partial charge in [0, 0.05) is 13.1 Å². The van der Waals surface area contributed by atoms with E-state index in [1.54, 1.807) is 0 Å². The Hall–Kier alpha value is -1.10. The first kappa shape index (κ1) is 17.0. The molecule has 1 unspecified atom stereocenters. The molecule has 0 aromatic carbocycles. The van der Waals surface area contributed by atoms with Crippen LogP contribution in [-0.2, 0) is 14.3 Å². The van der Waals surface area contributed by atoms with Crippen LogP contribution in [0.3, 0.4) is 0 Å². The monoisotopic (exact) mass is 284 g/mol. The summed E-state index contributed by atoms with van der Waals surface area (Å²) in [5.41, 5.74) is 0. The number of carbonyl (C=O) groups is 2. The third-order valence-corrected chi connectivity index (χ3v) is 4.13. The number of carbonyl (C=O) groups excluding carboxylic acids is 2. The number of likely N-dealkylation sites (N-methyl/N-ethyl adjacent to an activating group) is 1. The van der Waals surface area contributed by atoms with Gasteiger partial charge in [-0.3, -0.25) is 14.5 Å². The van der Waals surface area contributed by atoms with Crippen molar-refractivity contribution in [2.75, 3.05) is 32.8 Å². The van der Waals surface area contributed by atoms with E-state index in [1.807, 2.05) is 32.6 Å². The number of hydrogen-bond donors (Lipinski definition) is 0. The Morgan fingerprint density at radius 2 is 1.75 bits per heavy atom. The van der Waals surface area contributed by atoms with Gasteiger partial charge in [-0.05, 0) is 53.6 Å². The zero-order valence-corrected chi connectivity index (χ0v) is 13.2. The van der Waals surface area contributed by atoms with Gasteiger partial charge in [-0.1, -0.05) is 0 Å². The fraction of sp³-hybridized carbons (Fsp3) is 0.867. The SMILES string of the molecule is CCOC(=O)C1CCN(C(C)C(=O)N(CC)CC)CC1. The van der Waals surface area contributed by atoms with E-state index in [0.717, 1.165) is 39.0 Å². The Kier molecular flexibility index (Phi) is 6.99. The maximum Gasteiger partial charge on any atom is 0.309 e. The van der Waals surface area contributed by atoms with Crippen molar-refractivity contribution in [2.24, 2.45) is 5.92 Å². The van der Waals surface area contributed by atoms with Gasteiger partial charge < -0.3 is 9.64 Å². The first-order valence-corrected chi connectivity index (χ1v) is 7.74. The normalized spacial score (nSPS) is 18.6. The quantitative estimate of drug-likeness (QED) is 0.694. The maximum absolute atomic E-state index is 12.3. The molecule has 1 aliphatic rings. The lowest BCUT2D eigenvalue weighted by Crippen LogP contribution is -2.50. The molecule has 20 heavy (non-hydrogen) atoms. The van der Waals surface area contributed by atoms with Gasteiger partial charge in [-0.25, -0.2) is 0 Å². The maximum atomic E-state index is 12.3. The van der Waals surface area contributed by atoms with Crippen LogP contribution in [0.15, 0.2) is 0 Å². The molecule has 0 aromatic rings. The molecule has 1 atom stereocenters. The minimum atomic E-state index is -0.0990. The highest BCUT2D eigenvalue weighted by Gasteiger charge is 2.31. The third-order valence-electron chi connectivity index (χ3n) is 4.13. The Balaban J connectivity index is 2.48. The van der Waals surface area contributed by atoms with Gasteiger partial charge in [-0.2, -0.15) is 0 Å². The average molecular weight is 284 g/mol. The highest BCUT2D eigenvalue weighted by Crippen LogP contribution is 2.21. The molecule has 0 aliphatic carbocycles. The summed E-state index contributed by atoms with van der Waals surface area (Å²) in [6.45, 7) is 11.3. The van der Waals surface area contributed by atoms with Crippen molar-refractivity contribution in [3.8, 4) is 0 Å². The summed E-state index contributed by atoms with van der Waals surface area (Å²) >= 11 is 0. The van der Waals surface area contributed by atoms with E-state index in [1.165, 1.54) is 0 Å². The summed E-state index contributed by atoms with van der Waals surface area (Å²) in [6.07, 6.45) is 1.57. The van der Waals surface area contributed by atoms with Crippen LogP contribution in [0.5, 0.6) is 0 Å². The number of likely N-dealkylation sites (tertiary alicyclic amines) is 1. The van der Waals surface area contributed by atoms with Crippen molar-refractivity contribution in [1.82, 2.24) is 9.80 Å². The van der Waals surface area contributed by atoms with E-state index in [-0.39, 0.29) is 23.8 Å². The zero-order chi connectivity index (χ0) is 15.1. The van der Waals surface area contributed by atoms with Crippen LogP contribution >= 0.6 is 0 Å². The number of ether oxygens (including phenoxy) is 1. The van der Waals surface area contributed by atoms with Crippen LogP contribution in [0.25, 0.3) is 0 Å². The minimum Gasteiger partial charge on any atom is -0.466 e. The number of hydrogen-bond acceptors (Lipinski definition) is 4. The van der Waals surface area contributed by atoms with Crippen LogP contribution in [0.2, 0.25) is 0 Å². The lowest BCUT2D eigenvalue weighted by atomic mass is 9.96. The smallest absolute Gasteiger partial charge is 0.309 e. The molecule has 0 saturated carbocycles. The van der Waals surface area contributed by atoms with E-state index in [9.17, 15) is 9.59 Å². The van der Waals surface area contributed by atoms with Gasteiger partial charge in [0.25, 0.3) is 0 Å². The van der Waals surface area contributed by atoms with Gasteiger partial charge in [-0.15, -0.1) is 0 Å². The Labute approximate surface area is 122 Å². The molecule has 1 heterocycles. The van der Waals surface area contributed by atoms with Crippen molar-refractivity contribution < 1.29 is 14.3 Å². The Bertz CT molecular complexity index is 321. The summed E-state index contributed by atoms with van der Waals surface area (Å²) in [4.78, 5) is 28.0. The Morgan fingerprint density at radius 3 is 2.20 bits per heavy atom. The van der Waals surface area contributed by atoms with Gasteiger partial charge in [0.15, 0.2) is 0 Å². The molecule has 0 bridgehead atoms. The fourth-order valence-corrected chi connectivity index (χ4v) is 2.74. The molecule has 116 valence electrons. The molecule has 1 aliphatic heterocycles. The molecule has 1 amide bonds. The fourth-order valence-electron chi connectivity index (χ4n) is 2.74. The van der Waals surface area contributed by atoms with Crippen LogP contribution in [-0.4, -0.2) is 60.5 Å². The highest BCUT2D eigenvalue weighted by molar-refractivity contribution is 5.81. The molecular formula is C15H28N2O3. The topological polar surface area (TPSA) is 49.9 Å². The first-order valence-electron chi connectivity index (χ1n) is 7.74. The van der Waals surface area contributed by atoms with Gasteiger partial charge >= 0.3 is 5.97 Å². The number of rotatable bonds is 6. The van der Waals surface area contributed by atoms with Gasteiger partial charge in [0.2, 0.25) is 5.91 Å². The minimum absolute atomic E-state index is 0.00181. The molecule has 5 nitrogen and oxygen atoms in total. The van der Waals surface area contributed by atoms with Crippen molar-refractivity contribution in [2.45, 2.75) is 46.6 Å². The van der Waals surface area contributed by atoms with E-state index in [2.05, 4.69) is 4.90 Å². The molecule has 1 saturated heterocycles. The lowest BCUT2D eigenvalue weighted by Gasteiger charge is -2.36. The number of piperidine rings is 1. The highest BCUT2D eigenvalue weighted by atomic mass is 16.5. The lowest BCUT2D eigenvalue weighted by molar-refractivity contribution is -0.150. The molecule has 0 aromatic heterocycles. The summed E-state index contributed by atoms with van der Waals surface area (Å²) in [7, 11) is 0. The summed E-state index contributed by atoms with van der Waals surface area (Å²) in [5, 5.41) is 0. The predicted octanol–water partition coefficient (Wildman–Crippen LogP) is 1.52. The van der Waals surface area contributed by atoms with Crippen molar-refractivity contribution in [1.29, 1.82) is 0 Å². The van der Waals surface area contributed by atoms with Crippen LogP contribution in [0.4, 0.5) is 0 Å². The largest absolute Gasteiger partial charge is 0.466 e. The van der Waals surface area contributed by atoms with Crippen LogP contribution in [0, 0.1) is 5.92 Å². The molecule has 0 radical (unpaired) electrons.